The molecule has 7 heteroatoms. The van der Waals surface area contributed by atoms with Crippen LogP contribution < -0.4 is 4.74 Å². The van der Waals surface area contributed by atoms with E-state index in [9.17, 15) is 4.79 Å². The quantitative estimate of drug-likeness (QED) is 0.422. The highest BCUT2D eigenvalue weighted by molar-refractivity contribution is 7.13. The number of halogens is 1. The first-order valence-electron chi connectivity index (χ1n) is 10.0. The van der Waals surface area contributed by atoms with Crippen molar-refractivity contribution in [3.8, 4) is 16.3 Å². The molecule has 1 aliphatic carbocycles. The van der Waals surface area contributed by atoms with Crippen LogP contribution in [0, 0.1) is 0 Å². The van der Waals surface area contributed by atoms with Gasteiger partial charge in [0, 0.05) is 16.5 Å². The molecule has 0 atom stereocenters. The minimum Gasteiger partial charge on any atom is -0.490 e. The van der Waals surface area contributed by atoms with Crippen molar-refractivity contribution in [2.45, 2.75) is 58.5 Å². The first-order chi connectivity index (χ1) is 14.3. The Morgan fingerprint density at radius 3 is 2.77 bits per heavy atom. The van der Waals surface area contributed by atoms with E-state index in [1.165, 1.54) is 6.92 Å². The van der Waals surface area contributed by atoms with E-state index in [4.69, 9.17) is 26.2 Å². The Bertz CT molecular complexity index is 1050. The Kier molecular flexibility index (Phi) is 6.00. The fraction of sp³-hybridized carbons (Fsp3) is 0.391. The smallest absolute Gasteiger partial charge is 0.161 e. The van der Waals surface area contributed by atoms with Gasteiger partial charge in [-0.25, -0.2) is 0 Å². The zero-order valence-electron chi connectivity index (χ0n) is 17.4. The van der Waals surface area contributed by atoms with Crippen molar-refractivity contribution in [1.82, 2.24) is 9.78 Å². The van der Waals surface area contributed by atoms with Crippen molar-refractivity contribution < 1.29 is 14.3 Å². The third kappa shape index (κ3) is 4.94. The largest absolute Gasteiger partial charge is 0.490 e. The Morgan fingerprint density at radius 1 is 1.30 bits per heavy atom. The summed E-state index contributed by atoms with van der Waals surface area (Å²) < 4.78 is 13.7. The number of Topliss-reactive ketones (excluding diaryl/α,β-unsaturated/α-hetero) is 1. The van der Waals surface area contributed by atoms with Crippen LogP contribution in [0.5, 0.6) is 5.75 Å². The first kappa shape index (κ1) is 21.1. The molecule has 0 bridgehead atoms. The minimum atomic E-state index is -0.846. The summed E-state index contributed by atoms with van der Waals surface area (Å²) >= 11 is 8.01. The highest BCUT2D eigenvalue weighted by Crippen LogP contribution is 2.35. The second-order valence-corrected chi connectivity index (χ2v) is 9.41. The zero-order chi connectivity index (χ0) is 21.3. The molecule has 1 fully saturated rings. The molecule has 0 unspecified atom stereocenters. The molecule has 1 saturated carbocycles. The van der Waals surface area contributed by atoms with Crippen LogP contribution in [-0.2, 0) is 22.7 Å². The van der Waals surface area contributed by atoms with E-state index in [1.54, 1.807) is 25.2 Å². The van der Waals surface area contributed by atoms with E-state index < -0.39 is 5.60 Å². The number of thiophene rings is 1. The van der Waals surface area contributed by atoms with Crippen molar-refractivity contribution in [2.24, 2.45) is 0 Å². The van der Waals surface area contributed by atoms with Crippen LogP contribution in [0.15, 0.2) is 41.8 Å². The third-order valence-corrected chi connectivity index (χ3v) is 6.49. The lowest BCUT2D eigenvalue weighted by molar-refractivity contribution is -0.139. The first-order valence-corrected chi connectivity index (χ1v) is 11.3. The Labute approximate surface area is 185 Å². The number of ether oxygens (including phenoxy) is 2. The van der Waals surface area contributed by atoms with Gasteiger partial charge < -0.3 is 9.47 Å². The molecule has 0 saturated heterocycles. The molecule has 2 heterocycles. The number of carbonyl (C=O) groups excluding carboxylic acids is 1. The third-order valence-electron chi connectivity index (χ3n) is 5.19. The van der Waals surface area contributed by atoms with Gasteiger partial charge in [0.1, 0.15) is 11.4 Å². The molecular weight excluding hydrogens is 420 g/mol. The van der Waals surface area contributed by atoms with Gasteiger partial charge >= 0.3 is 0 Å². The molecule has 1 aliphatic rings. The van der Waals surface area contributed by atoms with Gasteiger partial charge in [0.25, 0.3) is 0 Å². The molecule has 0 N–H and O–H groups in total. The normalized spacial score (nSPS) is 14.1. The molecule has 30 heavy (non-hydrogen) atoms. The summed E-state index contributed by atoms with van der Waals surface area (Å²) in [6.07, 6.45) is 2.62. The summed E-state index contributed by atoms with van der Waals surface area (Å²) in [5, 5.41) is 7.50. The molecule has 0 amide bonds. The van der Waals surface area contributed by atoms with Gasteiger partial charge in [0.05, 0.1) is 35.5 Å². The number of hydrogen-bond acceptors (Lipinski definition) is 5. The molecule has 0 spiro atoms. The Morgan fingerprint density at radius 2 is 2.07 bits per heavy atom. The van der Waals surface area contributed by atoms with Crippen LogP contribution in [0.4, 0.5) is 0 Å². The van der Waals surface area contributed by atoms with Gasteiger partial charge in [0.15, 0.2) is 5.78 Å². The van der Waals surface area contributed by atoms with Crippen LogP contribution in [-0.4, -0.2) is 27.3 Å². The molecule has 2 aromatic heterocycles. The van der Waals surface area contributed by atoms with Crippen LogP contribution >= 0.6 is 22.9 Å². The van der Waals surface area contributed by atoms with Crippen molar-refractivity contribution in [1.29, 1.82) is 0 Å². The minimum absolute atomic E-state index is 0.0154. The maximum Gasteiger partial charge on any atom is 0.161 e. The predicted molar refractivity (Wildman–Crippen MR) is 119 cm³/mol. The van der Waals surface area contributed by atoms with Crippen LogP contribution in [0.1, 0.15) is 44.9 Å². The van der Waals surface area contributed by atoms with E-state index in [2.05, 4.69) is 6.07 Å². The number of nitrogens with zero attached hydrogens (tertiary/aromatic N) is 2. The summed E-state index contributed by atoms with van der Waals surface area (Å²) in [6.45, 7) is 5.89. The molecule has 5 nitrogen and oxygen atoms in total. The lowest BCUT2D eigenvalue weighted by atomic mass is 10.1. The van der Waals surface area contributed by atoms with Gasteiger partial charge in [-0.2, -0.15) is 5.10 Å². The highest BCUT2D eigenvalue weighted by atomic mass is 35.5. The second kappa shape index (κ2) is 8.53. The average Bonchev–Trinajstić information content (AvgIpc) is 3.23. The summed E-state index contributed by atoms with van der Waals surface area (Å²) in [5.41, 5.74) is 1.89. The van der Waals surface area contributed by atoms with E-state index in [1.807, 2.05) is 40.4 Å². The fourth-order valence-corrected chi connectivity index (χ4v) is 3.93. The maximum atomic E-state index is 11.8. The lowest BCUT2D eigenvalue weighted by Gasteiger charge is -2.21. The Hall–Kier alpha value is -2.15. The standard InChI is InChI=1S/C23H25ClN2O3S/c1-15(27)23(2,3)28-13-17-10-21(22-11-19(14-30-22)29-18-8-9-18)26(25-17)12-16-6-4-5-7-20(16)24/h4-7,10-11,14,18H,8-9,12-13H2,1-3H3. The lowest BCUT2D eigenvalue weighted by Crippen LogP contribution is -2.32. The van der Waals surface area contributed by atoms with Gasteiger partial charge in [-0.3, -0.25) is 9.48 Å². The van der Waals surface area contributed by atoms with Crippen LogP contribution in [0.25, 0.3) is 10.6 Å². The molecule has 1 aromatic carbocycles. The van der Waals surface area contributed by atoms with Gasteiger partial charge in [-0.1, -0.05) is 29.8 Å². The van der Waals surface area contributed by atoms with Crippen molar-refractivity contribution in [3.05, 3.63) is 58.1 Å². The monoisotopic (exact) mass is 444 g/mol. The number of benzene rings is 1. The Balaban J connectivity index is 1.62. The summed E-state index contributed by atoms with van der Waals surface area (Å²) in [4.78, 5) is 12.8. The van der Waals surface area contributed by atoms with E-state index in [0.717, 1.165) is 40.4 Å². The number of carbonyl (C=O) groups is 1. The average molecular weight is 445 g/mol. The van der Waals surface area contributed by atoms with Gasteiger partial charge in [0.2, 0.25) is 0 Å². The summed E-state index contributed by atoms with van der Waals surface area (Å²) in [6, 6.07) is 11.8. The van der Waals surface area contributed by atoms with E-state index in [-0.39, 0.29) is 12.4 Å². The van der Waals surface area contributed by atoms with E-state index in [0.29, 0.717) is 17.7 Å². The summed E-state index contributed by atoms with van der Waals surface area (Å²) in [5.74, 6) is 0.886. The predicted octanol–water partition coefficient (Wildman–Crippen LogP) is 5.74. The number of rotatable bonds is 9. The second-order valence-electron chi connectivity index (χ2n) is 8.09. The number of hydrogen-bond donors (Lipinski definition) is 0. The summed E-state index contributed by atoms with van der Waals surface area (Å²) in [7, 11) is 0. The molecular formula is C23H25ClN2O3S. The SMILES string of the molecule is CC(=O)C(C)(C)OCc1cc(-c2cc(OC3CC3)cs2)n(Cc2ccccc2Cl)n1. The fourth-order valence-electron chi connectivity index (χ4n) is 2.90. The van der Waals surface area contributed by atoms with Gasteiger partial charge in [-0.05, 0) is 51.3 Å². The molecule has 158 valence electrons. The molecule has 3 aromatic rings. The van der Waals surface area contributed by atoms with Crippen molar-refractivity contribution >= 4 is 28.7 Å². The number of ketones is 1. The molecule has 4 rings (SSSR count). The molecule has 0 aliphatic heterocycles. The topological polar surface area (TPSA) is 53.4 Å². The molecule has 0 radical (unpaired) electrons. The van der Waals surface area contributed by atoms with Gasteiger partial charge in [-0.15, -0.1) is 11.3 Å². The number of aromatic nitrogens is 2. The van der Waals surface area contributed by atoms with E-state index >= 15 is 0 Å². The van der Waals surface area contributed by atoms with Crippen molar-refractivity contribution in [2.75, 3.05) is 0 Å². The van der Waals surface area contributed by atoms with Crippen molar-refractivity contribution in [3.63, 3.8) is 0 Å². The zero-order valence-corrected chi connectivity index (χ0v) is 18.9. The van der Waals surface area contributed by atoms with Crippen LogP contribution in [0.3, 0.4) is 0 Å². The van der Waals surface area contributed by atoms with Crippen LogP contribution in [0.2, 0.25) is 5.02 Å². The maximum absolute atomic E-state index is 11.8. The highest BCUT2D eigenvalue weighted by Gasteiger charge is 2.26.